The average molecular weight is 175 g/mol. The van der Waals surface area contributed by atoms with Crippen LogP contribution in [0.1, 0.15) is 0 Å². The second-order valence-corrected chi connectivity index (χ2v) is 2.78. The Morgan fingerprint density at radius 1 is 1.31 bits per heavy atom. The van der Waals surface area contributed by atoms with Gasteiger partial charge in [-0.15, -0.1) is 0 Å². The second kappa shape index (κ2) is 5.14. The molecule has 0 aliphatic rings. The lowest BCUT2D eigenvalue weighted by molar-refractivity contribution is -0.104. The highest BCUT2D eigenvalue weighted by molar-refractivity contribution is 5.64. The number of hydrogen-bond acceptors (Lipinski definition) is 2. The molecule has 0 atom stereocenters. The van der Waals surface area contributed by atoms with Crippen LogP contribution in [0.5, 0.6) is 0 Å². The fourth-order valence-electron chi connectivity index (χ4n) is 1.06. The summed E-state index contributed by atoms with van der Waals surface area (Å²) in [5.74, 6) is 0. The molecule has 0 saturated carbocycles. The molecule has 2 nitrogen and oxygen atoms in total. The van der Waals surface area contributed by atoms with Crippen molar-refractivity contribution >= 4 is 12.0 Å². The van der Waals surface area contributed by atoms with Crippen LogP contribution in [0.4, 0.5) is 5.69 Å². The topological polar surface area (TPSA) is 20.3 Å². The Bertz CT molecular complexity index is 279. The van der Waals surface area contributed by atoms with Crippen molar-refractivity contribution in [3.63, 3.8) is 0 Å². The van der Waals surface area contributed by atoms with E-state index in [0.717, 1.165) is 18.5 Å². The summed E-state index contributed by atoms with van der Waals surface area (Å²) in [6, 6.07) is 10.0. The lowest BCUT2D eigenvalue weighted by atomic mass is 10.3. The highest BCUT2D eigenvalue weighted by Gasteiger charge is 1.94. The van der Waals surface area contributed by atoms with Gasteiger partial charge in [-0.1, -0.05) is 24.3 Å². The Morgan fingerprint density at radius 3 is 2.62 bits per heavy atom. The van der Waals surface area contributed by atoms with Gasteiger partial charge < -0.3 is 4.90 Å². The van der Waals surface area contributed by atoms with E-state index in [2.05, 4.69) is 4.90 Å². The van der Waals surface area contributed by atoms with Crippen LogP contribution in [0.2, 0.25) is 0 Å². The Labute approximate surface area is 78.5 Å². The van der Waals surface area contributed by atoms with E-state index in [1.807, 2.05) is 43.5 Å². The zero-order valence-electron chi connectivity index (χ0n) is 7.68. The van der Waals surface area contributed by atoms with E-state index in [0.29, 0.717) is 0 Å². The molecule has 1 aromatic carbocycles. The number of nitrogens with zero attached hydrogens (tertiary/aromatic N) is 1. The third-order valence-corrected chi connectivity index (χ3v) is 1.79. The quantitative estimate of drug-likeness (QED) is 0.514. The van der Waals surface area contributed by atoms with E-state index < -0.39 is 0 Å². The molecule has 0 spiro atoms. The number of likely N-dealkylation sites (N-methyl/N-ethyl adjacent to an activating group) is 1. The normalized spacial score (nSPS) is 10.2. The number of benzene rings is 1. The van der Waals surface area contributed by atoms with Gasteiger partial charge >= 0.3 is 0 Å². The highest BCUT2D eigenvalue weighted by Crippen LogP contribution is 2.09. The first-order chi connectivity index (χ1) is 6.34. The fourth-order valence-corrected chi connectivity index (χ4v) is 1.06. The van der Waals surface area contributed by atoms with Crippen LogP contribution >= 0.6 is 0 Å². The summed E-state index contributed by atoms with van der Waals surface area (Å²) in [7, 11) is 1.99. The third kappa shape index (κ3) is 3.11. The SMILES string of the molecule is CN(C/C=C/C=O)c1ccccc1. The zero-order valence-corrected chi connectivity index (χ0v) is 7.68. The number of carbonyl (C=O) groups excluding carboxylic acids is 1. The molecule has 0 bridgehead atoms. The van der Waals surface area contributed by atoms with Crippen molar-refractivity contribution in [3.05, 3.63) is 42.5 Å². The fraction of sp³-hybridized carbons (Fsp3) is 0.182. The average Bonchev–Trinajstić information content (AvgIpc) is 2.19. The van der Waals surface area contributed by atoms with E-state index in [9.17, 15) is 4.79 Å². The molecular formula is C11H13NO. The van der Waals surface area contributed by atoms with Crippen LogP contribution in [0.15, 0.2) is 42.5 Å². The number of rotatable bonds is 4. The highest BCUT2D eigenvalue weighted by atomic mass is 16.1. The predicted molar refractivity (Wildman–Crippen MR) is 54.9 cm³/mol. The first-order valence-electron chi connectivity index (χ1n) is 4.21. The van der Waals surface area contributed by atoms with Crippen molar-refractivity contribution in [2.24, 2.45) is 0 Å². The molecule has 68 valence electrons. The summed E-state index contributed by atoms with van der Waals surface area (Å²) in [6.07, 6.45) is 4.14. The number of carbonyl (C=O) groups is 1. The Kier molecular flexibility index (Phi) is 3.76. The standard InChI is InChI=1S/C11H13NO/c1-12(9-5-6-10-13)11-7-3-2-4-8-11/h2-8,10H,9H2,1H3/b6-5+. The molecule has 0 aliphatic carbocycles. The van der Waals surface area contributed by atoms with Gasteiger partial charge in [0.25, 0.3) is 0 Å². The van der Waals surface area contributed by atoms with Crippen molar-refractivity contribution in [1.29, 1.82) is 0 Å². The summed E-state index contributed by atoms with van der Waals surface area (Å²) in [5.41, 5.74) is 1.15. The van der Waals surface area contributed by atoms with Gasteiger partial charge in [0.1, 0.15) is 6.29 Å². The number of hydrogen-bond donors (Lipinski definition) is 0. The molecule has 1 aromatic rings. The van der Waals surface area contributed by atoms with Crippen molar-refractivity contribution in [3.8, 4) is 0 Å². The van der Waals surface area contributed by atoms with Gasteiger partial charge in [-0.25, -0.2) is 0 Å². The number of aldehydes is 1. The van der Waals surface area contributed by atoms with Gasteiger partial charge in [-0.2, -0.15) is 0 Å². The van der Waals surface area contributed by atoms with Gasteiger partial charge in [0.2, 0.25) is 0 Å². The van der Waals surface area contributed by atoms with Gasteiger partial charge in [0, 0.05) is 19.3 Å². The van der Waals surface area contributed by atoms with Crippen molar-refractivity contribution in [2.75, 3.05) is 18.5 Å². The van der Waals surface area contributed by atoms with Gasteiger partial charge in [0.15, 0.2) is 0 Å². The zero-order chi connectivity index (χ0) is 9.52. The molecule has 0 aliphatic heterocycles. The third-order valence-electron chi connectivity index (χ3n) is 1.79. The minimum atomic E-state index is 0.753. The van der Waals surface area contributed by atoms with E-state index in [4.69, 9.17) is 0 Å². The summed E-state index contributed by atoms with van der Waals surface area (Å²) in [6.45, 7) is 0.753. The summed E-state index contributed by atoms with van der Waals surface area (Å²) >= 11 is 0. The maximum Gasteiger partial charge on any atom is 0.142 e. The van der Waals surface area contributed by atoms with Crippen LogP contribution in [-0.2, 0) is 4.79 Å². The van der Waals surface area contributed by atoms with Crippen LogP contribution in [0, 0.1) is 0 Å². The molecule has 0 fully saturated rings. The molecule has 13 heavy (non-hydrogen) atoms. The van der Waals surface area contributed by atoms with Crippen LogP contribution in [0.3, 0.4) is 0 Å². The largest absolute Gasteiger partial charge is 0.371 e. The molecule has 0 radical (unpaired) electrons. The van der Waals surface area contributed by atoms with Crippen molar-refractivity contribution in [2.45, 2.75) is 0 Å². The lowest BCUT2D eigenvalue weighted by Crippen LogP contribution is -2.16. The summed E-state index contributed by atoms with van der Waals surface area (Å²) < 4.78 is 0. The lowest BCUT2D eigenvalue weighted by Gasteiger charge is -2.16. The smallest absolute Gasteiger partial charge is 0.142 e. The molecule has 0 amide bonds. The van der Waals surface area contributed by atoms with Crippen molar-refractivity contribution in [1.82, 2.24) is 0 Å². The van der Waals surface area contributed by atoms with Gasteiger partial charge in [-0.05, 0) is 18.2 Å². The Hall–Kier alpha value is -1.57. The van der Waals surface area contributed by atoms with E-state index in [-0.39, 0.29) is 0 Å². The van der Waals surface area contributed by atoms with Crippen LogP contribution in [-0.4, -0.2) is 19.9 Å². The number of anilines is 1. The summed E-state index contributed by atoms with van der Waals surface area (Å²) in [5, 5.41) is 0. The molecule has 0 saturated heterocycles. The second-order valence-electron chi connectivity index (χ2n) is 2.78. The maximum absolute atomic E-state index is 10.0. The first kappa shape index (κ1) is 9.52. The maximum atomic E-state index is 10.0. The van der Waals surface area contributed by atoms with Gasteiger partial charge in [-0.3, -0.25) is 4.79 Å². The number of para-hydroxylation sites is 1. The molecule has 0 heterocycles. The van der Waals surface area contributed by atoms with E-state index in [1.54, 1.807) is 0 Å². The summed E-state index contributed by atoms with van der Waals surface area (Å²) in [4.78, 5) is 12.1. The van der Waals surface area contributed by atoms with Crippen molar-refractivity contribution < 1.29 is 4.79 Å². The molecule has 0 aromatic heterocycles. The molecule has 0 unspecified atom stereocenters. The predicted octanol–water partition coefficient (Wildman–Crippen LogP) is 1.88. The first-order valence-corrected chi connectivity index (χ1v) is 4.21. The molecule has 0 N–H and O–H groups in total. The molecule has 1 rings (SSSR count). The van der Waals surface area contributed by atoms with Crippen LogP contribution in [0.25, 0.3) is 0 Å². The van der Waals surface area contributed by atoms with Crippen LogP contribution < -0.4 is 4.90 Å². The Morgan fingerprint density at radius 2 is 2.00 bits per heavy atom. The minimum Gasteiger partial charge on any atom is -0.371 e. The minimum absolute atomic E-state index is 0.753. The monoisotopic (exact) mass is 175 g/mol. The molecule has 2 heteroatoms. The van der Waals surface area contributed by atoms with Gasteiger partial charge in [0.05, 0.1) is 0 Å². The van der Waals surface area contributed by atoms with E-state index >= 15 is 0 Å². The Balaban J connectivity index is 2.53. The molecular weight excluding hydrogens is 162 g/mol. The van der Waals surface area contributed by atoms with E-state index in [1.165, 1.54) is 6.08 Å². The number of allylic oxidation sites excluding steroid dienone is 1.